The van der Waals surface area contributed by atoms with Crippen LogP contribution in [0, 0.1) is 3.57 Å². The van der Waals surface area contributed by atoms with Crippen LogP contribution in [-0.4, -0.2) is 15.0 Å². The van der Waals surface area contributed by atoms with Gasteiger partial charge in [-0.3, -0.25) is 9.78 Å². The first-order valence-corrected chi connectivity index (χ1v) is 8.48. The fourth-order valence-electron chi connectivity index (χ4n) is 1.66. The SMILES string of the molecule is CC(C)(C)c1nc(-c2ncc(Br)cc2Br)[nH]c(=O)c1I. The number of hydrogen-bond donors (Lipinski definition) is 1. The highest BCUT2D eigenvalue weighted by molar-refractivity contribution is 14.1. The van der Waals surface area contributed by atoms with E-state index < -0.39 is 0 Å². The van der Waals surface area contributed by atoms with Gasteiger partial charge in [-0.15, -0.1) is 0 Å². The van der Waals surface area contributed by atoms with E-state index in [0.29, 0.717) is 15.1 Å². The number of rotatable bonds is 1. The summed E-state index contributed by atoms with van der Waals surface area (Å²) < 4.78 is 2.25. The Bertz CT molecular complexity index is 723. The number of nitrogens with zero attached hydrogens (tertiary/aromatic N) is 2. The molecule has 1 N–H and O–H groups in total. The maximum Gasteiger partial charge on any atom is 0.264 e. The van der Waals surface area contributed by atoms with E-state index in [1.165, 1.54) is 0 Å². The van der Waals surface area contributed by atoms with Gasteiger partial charge in [0.1, 0.15) is 9.26 Å². The third-order valence-electron chi connectivity index (χ3n) is 2.61. The quantitative estimate of drug-likeness (QED) is 0.581. The highest BCUT2D eigenvalue weighted by Gasteiger charge is 2.23. The van der Waals surface area contributed by atoms with Gasteiger partial charge >= 0.3 is 0 Å². The van der Waals surface area contributed by atoms with Gasteiger partial charge in [0, 0.05) is 20.6 Å². The zero-order valence-corrected chi connectivity index (χ0v) is 16.4. The first kappa shape index (κ1) is 16.1. The second kappa shape index (κ2) is 5.84. The van der Waals surface area contributed by atoms with E-state index in [9.17, 15) is 4.79 Å². The summed E-state index contributed by atoms with van der Waals surface area (Å²) in [5.41, 5.74) is 1.04. The van der Waals surface area contributed by atoms with Gasteiger partial charge in [-0.2, -0.15) is 0 Å². The van der Waals surface area contributed by atoms with Crippen molar-refractivity contribution in [2.24, 2.45) is 0 Å². The van der Waals surface area contributed by atoms with E-state index in [1.807, 2.05) is 49.4 Å². The normalized spacial score (nSPS) is 11.7. The molecule has 106 valence electrons. The van der Waals surface area contributed by atoms with Crippen molar-refractivity contribution in [3.05, 3.63) is 40.8 Å². The van der Waals surface area contributed by atoms with E-state index in [2.05, 4.69) is 46.8 Å². The van der Waals surface area contributed by atoms with Gasteiger partial charge in [0.05, 0.1) is 5.69 Å². The number of pyridine rings is 1. The van der Waals surface area contributed by atoms with E-state index in [4.69, 9.17) is 0 Å². The minimum atomic E-state index is -0.207. The molecule has 0 aromatic carbocycles. The summed E-state index contributed by atoms with van der Waals surface area (Å²) in [4.78, 5) is 23.8. The van der Waals surface area contributed by atoms with Gasteiger partial charge in [-0.25, -0.2) is 4.98 Å². The monoisotopic (exact) mass is 511 g/mol. The summed E-state index contributed by atoms with van der Waals surface area (Å²) in [6.45, 7) is 6.10. The Kier molecular flexibility index (Phi) is 4.70. The molecule has 4 nitrogen and oxygen atoms in total. The van der Waals surface area contributed by atoms with E-state index in [-0.39, 0.29) is 11.0 Å². The third-order valence-corrected chi connectivity index (χ3v) is 4.64. The number of H-pyrrole nitrogens is 1. The molecule has 0 saturated carbocycles. The number of hydrogen-bond acceptors (Lipinski definition) is 3. The Morgan fingerprint density at radius 3 is 2.50 bits per heavy atom. The molecule has 0 saturated heterocycles. The lowest BCUT2D eigenvalue weighted by Crippen LogP contribution is -2.24. The van der Waals surface area contributed by atoms with Crippen molar-refractivity contribution in [3.63, 3.8) is 0 Å². The molecule has 0 spiro atoms. The van der Waals surface area contributed by atoms with Crippen LogP contribution in [0.3, 0.4) is 0 Å². The molecule has 7 heteroatoms. The molecule has 2 aromatic heterocycles. The van der Waals surface area contributed by atoms with Crippen LogP contribution in [0.25, 0.3) is 11.5 Å². The summed E-state index contributed by atoms with van der Waals surface area (Å²) in [5, 5.41) is 0. The Labute approximate surface area is 147 Å². The molecular formula is C13H12Br2IN3O. The molecule has 20 heavy (non-hydrogen) atoms. The van der Waals surface area contributed by atoms with E-state index in [0.717, 1.165) is 14.6 Å². The fourth-order valence-corrected chi connectivity index (χ4v) is 3.90. The molecular weight excluding hydrogens is 501 g/mol. The molecule has 0 radical (unpaired) electrons. The summed E-state index contributed by atoms with van der Waals surface area (Å²) in [6, 6.07) is 1.87. The third kappa shape index (κ3) is 3.30. The largest absolute Gasteiger partial charge is 0.304 e. The lowest BCUT2D eigenvalue weighted by molar-refractivity contribution is 0.562. The van der Waals surface area contributed by atoms with Crippen LogP contribution in [0.15, 0.2) is 26.0 Å². The van der Waals surface area contributed by atoms with E-state index in [1.54, 1.807) is 6.20 Å². The van der Waals surface area contributed by atoms with Crippen molar-refractivity contribution in [1.82, 2.24) is 15.0 Å². The van der Waals surface area contributed by atoms with Crippen LogP contribution < -0.4 is 5.56 Å². The zero-order valence-electron chi connectivity index (χ0n) is 11.1. The van der Waals surface area contributed by atoms with Crippen LogP contribution in [0.1, 0.15) is 26.5 Å². The lowest BCUT2D eigenvalue weighted by atomic mass is 9.92. The van der Waals surface area contributed by atoms with Crippen molar-refractivity contribution in [2.45, 2.75) is 26.2 Å². The van der Waals surface area contributed by atoms with Crippen LogP contribution in [0.4, 0.5) is 0 Å². The van der Waals surface area contributed by atoms with E-state index >= 15 is 0 Å². The average Bonchev–Trinajstić information content (AvgIpc) is 2.31. The zero-order chi connectivity index (χ0) is 15.1. The van der Waals surface area contributed by atoms with Gasteiger partial charge in [-0.1, -0.05) is 20.8 Å². The smallest absolute Gasteiger partial charge is 0.264 e. The number of nitrogens with one attached hydrogen (secondary N) is 1. The Balaban J connectivity index is 2.70. The molecule has 0 atom stereocenters. The minimum Gasteiger partial charge on any atom is -0.304 e. The predicted octanol–water partition coefficient (Wildman–Crippen LogP) is 4.26. The maximum absolute atomic E-state index is 12.1. The van der Waals surface area contributed by atoms with Crippen molar-refractivity contribution in [2.75, 3.05) is 0 Å². The molecule has 2 aromatic rings. The molecule has 2 heterocycles. The highest BCUT2D eigenvalue weighted by Crippen LogP contribution is 2.28. The molecule has 0 aliphatic heterocycles. The number of aromatic nitrogens is 3. The van der Waals surface area contributed by atoms with Crippen LogP contribution in [0.2, 0.25) is 0 Å². The predicted molar refractivity (Wildman–Crippen MR) is 94.9 cm³/mol. The van der Waals surface area contributed by atoms with Crippen molar-refractivity contribution in [3.8, 4) is 11.5 Å². The second-order valence-electron chi connectivity index (χ2n) is 5.31. The van der Waals surface area contributed by atoms with Gasteiger partial charge in [0.2, 0.25) is 0 Å². The minimum absolute atomic E-state index is 0.142. The Hall–Kier alpha value is -0.280. The van der Waals surface area contributed by atoms with Crippen LogP contribution >= 0.6 is 54.5 Å². The summed E-state index contributed by atoms with van der Waals surface area (Å²) in [5.74, 6) is 0.472. The molecule has 0 aliphatic carbocycles. The number of aromatic amines is 1. The Morgan fingerprint density at radius 1 is 1.30 bits per heavy atom. The summed E-state index contributed by atoms with van der Waals surface area (Å²) in [7, 11) is 0. The molecule has 2 rings (SSSR count). The summed E-state index contributed by atoms with van der Waals surface area (Å²) >= 11 is 8.83. The molecule has 0 unspecified atom stereocenters. The second-order valence-corrected chi connectivity index (χ2v) is 8.16. The topological polar surface area (TPSA) is 58.6 Å². The van der Waals surface area contributed by atoms with Crippen LogP contribution in [-0.2, 0) is 5.41 Å². The Morgan fingerprint density at radius 2 is 1.95 bits per heavy atom. The average molecular weight is 513 g/mol. The van der Waals surface area contributed by atoms with Gasteiger partial charge < -0.3 is 4.98 Å². The fraction of sp³-hybridized carbons (Fsp3) is 0.308. The lowest BCUT2D eigenvalue weighted by Gasteiger charge is -2.19. The molecule has 0 bridgehead atoms. The molecule has 0 aliphatic rings. The van der Waals surface area contributed by atoms with Crippen molar-refractivity contribution < 1.29 is 0 Å². The van der Waals surface area contributed by atoms with Gasteiger partial charge in [0.15, 0.2) is 5.82 Å². The van der Waals surface area contributed by atoms with Crippen molar-refractivity contribution >= 4 is 54.5 Å². The molecule has 0 amide bonds. The van der Waals surface area contributed by atoms with Crippen molar-refractivity contribution in [1.29, 1.82) is 0 Å². The van der Waals surface area contributed by atoms with Gasteiger partial charge in [-0.05, 0) is 60.5 Å². The first-order chi connectivity index (χ1) is 9.20. The highest BCUT2D eigenvalue weighted by atomic mass is 127. The first-order valence-electron chi connectivity index (χ1n) is 5.82. The number of halogens is 3. The standard InChI is InChI=1S/C13H12Br2IN3O/c1-13(2,3)10-8(16)12(20)19-11(18-10)9-7(15)4-6(14)5-17-9/h4-5H,1-3H3,(H,18,19,20). The van der Waals surface area contributed by atoms with Crippen LogP contribution in [0.5, 0.6) is 0 Å². The molecule has 0 fully saturated rings. The van der Waals surface area contributed by atoms with Gasteiger partial charge in [0.25, 0.3) is 5.56 Å². The summed E-state index contributed by atoms with van der Waals surface area (Å²) in [6.07, 6.45) is 1.68. The maximum atomic E-state index is 12.1.